The monoisotopic (exact) mass is 377 g/mol. The van der Waals surface area contributed by atoms with Gasteiger partial charge >= 0.3 is 0 Å². The predicted octanol–water partition coefficient (Wildman–Crippen LogP) is 2.77. The van der Waals surface area contributed by atoms with Crippen LogP contribution in [0.5, 0.6) is 0 Å². The van der Waals surface area contributed by atoms with Gasteiger partial charge in [-0.3, -0.25) is 19.7 Å². The van der Waals surface area contributed by atoms with Gasteiger partial charge in [0.25, 0.3) is 5.91 Å². The van der Waals surface area contributed by atoms with E-state index in [-0.39, 0.29) is 17.6 Å². The van der Waals surface area contributed by atoms with Crippen molar-refractivity contribution < 1.29 is 9.32 Å². The molecule has 1 atom stereocenters. The van der Waals surface area contributed by atoms with Crippen molar-refractivity contribution in [3.05, 3.63) is 77.7 Å². The Kier molecular flexibility index (Phi) is 5.72. The molecule has 0 saturated carbocycles. The normalized spacial score (nSPS) is 17.4. The number of piperidine rings is 1. The van der Waals surface area contributed by atoms with Crippen molar-refractivity contribution in [2.24, 2.45) is 0 Å². The minimum Gasteiger partial charge on any atom is -0.351 e. The number of carbonyl (C=O) groups excluding carboxylic acids is 1. The van der Waals surface area contributed by atoms with Gasteiger partial charge in [0.05, 0.1) is 11.4 Å². The van der Waals surface area contributed by atoms with Crippen LogP contribution in [0.1, 0.15) is 46.3 Å². The first-order chi connectivity index (χ1) is 13.8. The van der Waals surface area contributed by atoms with Gasteiger partial charge in [-0.2, -0.15) is 0 Å². The van der Waals surface area contributed by atoms with Crippen molar-refractivity contribution >= 4 is 5.91 Å². The van der Waals surface area contributed by atoms with Crippen LogP contribution in [0.25, 0.3) is 0 Å². The third-order valence-electron chi connectivity index (χ3n) is 4.99. The molecule has 0 radical (unpaired) electrons. The molecule has 4 heterocycles. The lowest BCUT2D eigenvalue weighted by Crippen LogP contribution is -2.34. The summed E-state index contributed by atoms with van der Waals surface area (Å²) in [7, 11) is 0. The Bertz CT molecular complexity index is 897. The second-order valence-electron chi connectivity index (χ2n) is 7.05. The Labute approximate surface area is 163 Å². The Morgan fingerprint density at radius 2 is 2.11 bits per heavy atom. The maximum Gasteiger partial charge on any atom is 0.290 e. The molecule has 1 saturated heterocycles. The summed E-state index contributed by atoms with van der Waals surface area (Å²) >= 11 is 0. The summed E-state index contributed by atoms with van der Waals surface area (Å²) < 4.78 is 5.32. The van der Waals surface area contributed by atoms with Crippen LogP contribution in [0, 0.1) is 0 Å². The Balaban J connectivity index is 1.34. The molecule has 0 aromatic carbocycles. The zero-order valence-electron chi connectivity index (χ0n) is 15.6. The number of carbonyl (C=O) groups is 1. The molecule has 1 aliphatic heterocycles. The zero-order valence-corrected chi connectivity index (χ0v) is 15.6. The highest BCUT2D eigenvalue weighted by molar-refractivity contribution is 5.91. The van der Waals surface area contributed by atoms with E-state index in [1.54, 1.807) is 18.5 Å². The maximum absolute atomic E-state index is 12.3. The first-order valence-electron chi connectivity index (χ1n) is 9.54. The molecular weight excluding hydrogens is 354 g/mol. The summed E-state index contributed by atoms with van der Waals surface area (Å²) in [5, 5.41) is 7.02. The van der Waals surface area contributed by atoms with E-state index in [0.717, 1.165) is 49.4 Å². The second-order valence-corrected chi connectivity index (χ2v) is 7.05. The molecule has 0 spiro atoms. The summed E-state index contributed by atoms with van der Waals surface area (Å²) in [5.41, 5.74) is 2.90. The van der Waals surface area contributed by atoms with Gasteiger partial charge in [0.1, 0.15) is 0 Å². The van der Waals surface area contributed by atoms with Crippen LogP contribution < -0.4 is 5.32 Å². The lowest BCUT2D eigenvalue weighted by atomic mass is 9.94. The molecule has 7 nitrogen and oxygen atoms in total. The average molecular weight is 377 g/mol. The Morgan fingerprint density at radius 3 is 2.93 bits per heavy atom. The SMILES string of the molecule is O=C(NCc1ccncc1)c1cc([C@H]2CCCN(Cc3ccccn3)C2)no1. The van der Waals surface area contributed by atoms with Crippen molar-refractivity contribution in [3.8, 4) is 0 Å². The molecule has 0 aliphatic carbocycles. The summed E-state index contributed by atoms with van der Waals surface area (Å²) in [6.07, 6.45) is 7.37. The van der Waals surface area contributed by atoms with Gasteiger partial charge < -0.3 is 9.84 Å². The molecule has 1 amide bonds. The summed E-state index contributed by atoms with van der Waals surface area (Å²) in [5.74, 6) is 0.269. The van der Waals surface area contributed by atoms with Gasteiger partial charge in [-0.25, -0.2) is 0 Å². The number of rotatable bonds is 6. The van der Waals surface area contributed by atoms with E-state index in [2.05, 4.69) is 25.3 Å². The number of nitrogens with zero attached hydrogens (tertiary/aromatic N) is 4. The number of pyridine rings is 2. The number of nitrogens with one attached hydrogen (secondary N) is 1. The van der Waals surface area contributed by atoms with Crippen LogP contribution in [-0.4, -0.2) is 39.0 Å². The maximum atomic E-state index is 12.3. The molecule has 0 bridgehead atoms. The molecule has 144 valence electrons. The summed E-state index contributed by atoms with van der Waals surface area (Å²) in [4.78, 5) is 23.1. The molecule has 3 aromatic heterocycles. The number of hydrogen-bond acceptors (Lipinski definition) is 6. The fourth-order valence-corrected chi connectivity index (χ4v) is 3.52. The topological polar surface area (TPSA) is 84.2 Å². The molecule has 1 fully saturated rings. The van der Waals surface area contributed by atoms with Crippen molar-refractivity contribution in [2.45, 2.75) is 31.8 Å². The molecule has 3 aromatic rings. The molecule has 4 rings (SSSR count). The molecule has 1 aliphatic rings. The van der Waals surface area contributed by atoms with E-state index < -0.39 is 0 Å². The molecule has 0 unspecified atom stereocenters. The van der Waals surface area contributed by atoms with Gasteiger partial charge in [0, 0.05) is 50.2 Å². The quantitative estimate of drug-likeness (QED) is 0.711. The summed E-state index contributed by atoms with van der Waals surface area (Å²) in [6, 6.07) is 11.5. The van der Waals surface area contributed by atoms with Crippen molar-refractivity contribution in [2.75, 3.05) is 13.1 Å². The standard InChI is InChI=1S/C21H23N5O2/c27-21(24-13-16-6-9-22-10-7-16)20-12-19(25-28-20)17-4-3-11-26(14-17)15-18-5-1-2-8-23-18/h1-2,5-10,12,17H,3-4,11,13-15H2,(H,24,27)/t17-/m0/s1. The van der Waals surface area contributed by atoms with Gasteiger partial charge in [0.15, 0.2) is 0 Å². The Morgan fingerprint density at radius 1 is 1.21 bits per heavy atom. The van der Waals surface area contributed by atoms with E-state index >= 15 is 0 Å². The van der Waals surface area contributed by atoms with Gasteiger partial charge in [-0.05, 0) is 49.2 Å². The second kappa shape index (κ2) is 8.75. The van der Waals surface area contributed by atoms with Crippen molar-refractivity contribution in [1.82, 2.24) is 25.3 Å². The third-order valence-corrected chi connectivity index (χ3v) is 4.99. The molecule has 1 N–H and O–H groups in total. The highest BCUT2D eigenvalue weighted by Crippen LogP contribution is 2.27. The average Bonchev–Trinajstić information content (AvgIpc) is 3.24. The van der Waals surface area contributed by atoms with E-state index in [9.17, 15) is 4.79 Å². The lowest BCUT2D eigenvalue weighted by Gasteiger charge is -2.31. The largest absolute Gasteiger partial charge is 0.351 e. The Hall–Kier alpha value is -3.06. The van der Waals surface area contributed by atoms with Crippen LogP contribution in [0.15, 0.2) is 59.5 Å². The minimum atomic E-state index is -0.253. The molecule has 7 heteroatoms. The molecular formula is C21H23N5O2. The third kappa shape index (κ3) is 4.61. The first-order valence-corrected chi connectivity index (χ1v) is 9.54. The number of hydrogen-bond donors (Lipinski definition) is 1. The highest BCUT2D eigenvalue weighted by atomic mass is 16.5. The number of likely N-dealkylation sites (tertiary alicyclic amines) is 1. The van der Waals surface area contributed by atoms with Crippen LogP contribution in [0.2, 0.25) is 0 Å². The van der Waals surface area contributed by atoms with Crippen LogP contribution in [0.4, 0.5) is 0 Å². The van der Waals surface area contributed by atoms with Gasteiger partial charge in [0.2, 0.25) is 5.76 Å². The van der Waals surface area contributed by atoms with Crippen LogP contribution in [0.3, 0.4) is 0 Å². The van der Waals surface area contributed by atoms with Gasteiger partial charge in [-0.1, -0.05) is 11.2 Å². The van der Waals surface area contributed by atoms with Gasteiger partial charge in [-0.15, -0.1) is 0 Å². The fraction of sp³-hybridized carbons (Fsp3) is 0.333. The minimum absolute atomic E-state index is 0.253. The predicted molar refractivity (Wildman–Crippen MR) is 103 cm³/mol. The fourth-order valence-electron chi connectivity index (χ4n) is 3.52. The van der Waals surface area contributed by atoms with Crippen molar-refractivity contribution in [3.63, 3.8) is 0 Å². The number of amides is 1. The molecule has 28 heavy (non-hydrogen) atoms. The first kappa shape index (κ1) is 18.3. The van der Waals surface area contributed by atoms with E-state index in [4.69, 9.17) is 4.52 Å². The van der Waals surface area contributed by atoms with E-state index in [0.29, 0.717) is 6.54 Å². The summed E-state index contributed by atoms with van der Waals surface area (Å²) in [6.45, 7) is 3.19. The van der Waals surface area contributed by atoms with E-state index in [1.807, 2.05) is 36.5 Å². The number of aromatic nitrogens is 3. The van der Waals surface area contributed by atoms with Crippen molar-refractivity contribution in [1.29, 1.82) is 0 Å². The lowest BCUT2D eigenvalue weighted by molar-refractivity contribution is 0.0913. The van der Waals surface area contributed by atoms with Crippen LogP contribution in [-0.2, 0) is 13.1 Å². The van der Waals surface area contributed by atoms with E-state index in [1.165, 1.54) is 0 Å². The highest BCUT2D eigenvalue weighted by Gasteiger charge is 2.25. The van der Waals surface area contributed by atoms with Crippen LogP contribution >= 0.6 is 0 Å². The zero-order chi connectivity index (χ0) is 19.2. The smallest absolute Gasteiger partial charge is 0.290 e.